The third-order valence-corrected chi connectivity index (χ3v) is 5.81. The van der Waals surface area contributed by atoms with Crippen LogP contribution in [0.3, 0.4) is 0 Å². The first-order valence-corrected chi connectivity index (χ1v) is 10.8. The van der Waals surface area contributed by atoms with Crippen LogP contribution in [0.15, 0.2) is 48.7 Å². The van der Waals surface area contributed by atoms with Crippen LogP contribution in [0.1, 0.15) is 40.2 Å². The molecule has 0 aliphatic carbocycles. The number of aromatic nitrogens is 3. The molecule has 3 aromatic rings. The number of amides is 2. The molecule has 8 nitrogen and oxygen atoms in total. The zero-order chi connectivity index (χ0) is 22.7. The molecule has 3 heterocycles. The number of carbonyl (C=O) groups is 2. The van der Waals surface area contributed by atoms with Crippen molar-refractivity contribution >= 4 is 23.3 Å². The van der Waals surface area contributed by atoms with Crippen molar-refractivity contribution in [1.29, 1.82) is 0 Å². The van der Waals surface area contributed by atoms with Crippen molar-refractivity contribution in [3.05, 3.63) is 71.2 Å². The molecule has 3 N–H and O–H groups in total. The van der Waals surface area contributed by atoms with Gasteiger partial charge in [0, 0.05) is 24.3 Å². The Morgan fingerprint density at radius 2 is 1.94 bits per heavy atom. The number of hydrogen-bond donors (Lipinski definition) is 2. The normalized spacial score (nSPS) is 16.1. The van der Waals surface area contributed by atoms with Gasteiger partial charge in [-0.15, -0.1) is 0 Å². The van der Waals surface area contributed by atoms with Gasteiger partial charge in [0.2, 0.25) is 5.91 Å². The standard InChI is InChI=1S/C24H28N6O2/c1-16-12-17(2)30(28-16)14-18-5-7-19(8-6-18)24(32)27-21-9-10-22(26-13-21)29-11-3-4-20(15-29)23(25)31/h5-10,12-13,20H,3-4,11,14-15H2,1-2H3,(H2,25,31)(H,27,32). The summed E-state index contributed by atoms with van der Waals surface area (Å²) in [5, 5.41) is 7.36. The van der Waals surface area contributed by atoms with Crippen LogP contribution in [-0.4, -0.2) is 39.7 Å². The number of nitrogens with one attached hydrogen (secondary N) is 1. The highest BCUT2D eigenvalue weighted by atomic mass is 16.2. The lowest BCUT2D eigenvalue weighted by Crippen LogP contribution is -2.41. The largest absolute Gasteiger partial charge is 0.369 e. The molecule has 32 heavy (non-hydrogen) atoms. The van der Waals surface area contributed by atoms with Crippen LogP contribution in [0, 0.1) is 19.8 Å². The zero-order valence-electron chi connectivity index (χ0n) is 18.4. The van der Waals surface area contributed by atoms with E-state index in [9.17, 15) is 9.59 Å². The topological polar surface area (TPSA) is 106 Å². The minimum atomic E-state index is -0.264. The van der Waals surface area contributed by atoms with E-state index in [1.807, 2.05) is 61.0 Å². The average Bonchev–Trinajstić information content (AvgIpc) is 3.11. The van der Waals surface area contributed by atoms with E-state index in [0.29, 0.717) is 24.3 Å². The maximum absolute atomic E-state index is 12.6. The number of benzene rings is 1. The second-order valence-electron chi connectivity index (χ2n) is 8.33. The van der Waals surface area contributed by atoms with Crippen molar-refractivity contribution in [1.82, 2.24) is 14.8 Å². The Kier molecular flexibility index (Phi) is 6.20. The van der Waals surface area contributed by atoms with Gasteiger partial charge in [0.1, 0.15) is 5.82 Å². The predicted molar refractivity (Wildman–Crippen MR) is 124 cm³/mol. The Morgan fingerprint density at radius 1 is 1.16 bits per heavy atom. The van der Waals surface area contributed by atoms with E-state index in [1.165, 1.54) is 0 Å². The number of aryl methyl sites for hydroxylation is 2. The fraction of sp³-hybridized carbons (Fsp3) is 0.333. The molecule has 2 aromatic heterocycles. The Hall–Kier alpha value is -3.68. The SMILES string of the molecule is Cc1cc(C)n(Cc2ccc(C(=O)Nc3ccc(N4CCCC(C(N)=O)C4)nc3)cc2)n1. The summed E-state index contributed by atoms with van der Waals surface area (Å²) in [6, 6.07) is 13.2. The number of pyridine rings is 1. The molecule has 1 aliphatic heterocycles. The molecule has 2 amide bonds. The fourth-order valence-electron chi connectivity index (χ4n) is 4.04. The van der Waals surface area contributed by atoms with E-state index in [1.54, 1.807) is 6.20 Å². The van der Waals surface area contributed by atoms with Gasteiger partial charge in [-0.25, -0.2) is 4.98 Å². The predicted octanol–water partition coefficient (Wildman–Crippen LogP) is 2.90. The van der Waals surface area contributed by atoms with Crippen molar-refractivity contribution < 1.29 is 9.59 Å². The highest BCUT2D eigenvalue weighted by Gasteiger charge is 2.24. The summed E-state index contributed by atoms with van der Waals surface area (Å²) in [5.41, 5.74) is 9.83. The maximum atomic E-state index is 12.6. The minimum Gasteiger partial charge on any atom is -0.369 e. The quantitative estimate of drug-likeness (QED) is 0.623. The van der Waals surface area contributed by atoms with Gasteiger partial charge in [0.25, 0.3) is 5.91 Å². The molecule has 8 heteroatoms. The van der Waals surface area contributed by atoms with Crippen molar-refractivity contribution in [3.63, 3.8) is 0 Å². The number of carbonyl (C=O) groups excluding carboxylic acids is 2. The number of anilines is 2. The molecule has 1 aliphatic rings. The smallest absolute Gasteiger partial charge is 0.255 e. The number of hydrogen-bond acceptors (Lipinski definition) is 5. The van der Waals surface area contributed by atoms with Crippen LogP contribution in [0.5, 0.6) is 0 Å². The first-order chi connectivity index (χ1) is 15.4. The summed E-state index contributed by atoms with van der Waals surface area (Å²) in [5.74, 6) is 0.181. The Labute approximate surface area is 187 Å². The van der Waals surface area contributed by atoms with Gasteiger partial charge in [-0.1, -0.05) is 12.1 Å². The molecule has 0 bridgehead atoms. The van der Waals surface area contributed by atoms with Crippen molar-refractivity contribution in [3.8, 4) is 0 Å². The van der Waals surface area contributed by atoms with Crippen LogP contribution in [0.4, 0.5) is 11.5 Å². The molecule has 1 unspecified atom stereocenters. The van der Waals surface area contributed by atoms with Gasteiger partial charge in [0.15, 0.2) is 0 Å². The first kappa shape index (κ1) is 21.5. The van der Waals surface area contributed by atoms with E-state index < -0.39 is 0 Å². The maximum Gasteiger partial charge on any atom is 0.255 e. The van der Waals surface area contributed by atoms with Gasteiger partial charge >= 0.3 is 0 Å². The molecule has 1 aromatic carbocycles. The van der Waals surface area contributed by atoms with Gasteiger partial charge in [-0.2, -0.15) is 5.10 Å². The number of primary amides is 1. The Balaban J connectivity index is 1.36. The average molecular weight is 433 g/mol. The van der Waals surface area contributed by atoms with Crippen molar-refractivity contribution in [2.24, 2.45) is 11.7 Å². The van der Waals surface area contributed by atoms with Gasteiger partial charge in [-0.05, 0) is 62.6 Å². The van der Waals surface area contributed by atoms with Gasteiger partial charge < -0.3 is 16.0 Å². The van der Waals surface area contributed by atoms with E-state index in [-0.39, 0.29) is 17.7 Å². The van der Waals surface area contributed by atoms with E-state index in [4.69, 9.17) is 5.73 Å². The van der Waals surface area contributed by atoms with Crippen LogP contribution >= 0.6 is 0 Å². The number of piperidine rings is 1. The Morgan fingerprint density at radius 3 is 2.56 bits per heavy atom. The van der Waals surface area contributed by atoms with Gasteiger partial charge in [0.05, 0.1) is 30.0 Å². The van der Waals surface area contributed by atoms with Crippen LogP contribution in [0.2, 0.25) is 0 Å². The molecular formula is C24H28N6O2. The highest BCUT2D eigenvalue weighted by Crippen LogP contribution is 2.22. The molecule has 166 valence electrons. The molecule has 1 atom stereocenters. The van der Waals surface area contributed by atoms with Gasteiger partial charge in [-0.3, -0.25) is 14.3 Å². The Bertz CT molecular complexity index is 1100. The summed E-state index contributed by atoms with van der Waals surface area (Å²) < 4.78 is 1.95. The molecule has 4 rings (SSSR count). The lowest BCUT2D eigenvalue weighted by molar-refractivity contribution is -0.122. The molecular weight excluding hydrogens is 404 g/mol. The van der Waals surface area contributed by atoms with E-state index >= 15 is 0 Å². The summed E-state index contributed by atoms with van der Waals surface area (Å²) in [7, 11) is 0. The first-order valence-electron chi connectivity index (χ1n) is 10.8. The molecule has 1 saturated heterocycles. The summed E-state index contributed by atoms with van der Waals surface area (Å²) in [4.78, 5) is 30.6. The van der Waals surface area contributed by atoms with Crippen LogP contribution < -0.4 is 16.0 Å². The fourth-order valence-corrected chi connectivity index (χ4v) is 4.04. The molecule has 1 fully saturated rings. The highest BCUT2D eigenvalue weighted by molar-refractivity contribution is 6.04. The number of rotatable bonds is 6. The molecule has 0 saturated carbocycles. The summed E-state index contributed by atoms with van der Waals surface area (Å²) >= 11 is 0. The minimum absolute atomic E-state index is 0.144. The van der Waals surface area contributed by atoms with Crippen LogP contribution in [-0.2, 0) is 11.3 Å². The van der Waals surface area contributed by atoms with E-state index in [2.05, 4.69) is 20.3 Å². The second-order valence-corrected chi connectivity index (χ2v) is 8.33. The zero-order valence-corrected chi connectivity index (χ0v) is 18.4. The lowest BCUT2D eigenvalue weighted by Gasteiger charge is -2.32. The summed E-state index contributed by atoms with van der Waals surface area (Å²) in [6.45, 7) is 6.09. The number of nitrogens with two attached hydrogens (primary N) is 1. The van der Waals surface area contributed by atoms with E-state index in [0.717, 1.165) is 42.2 Å². The van der Waals surface area contributed by atoms with Crippen LogP contribution in [0.25, 0.3) is 0 Å². The lowest BCUT2D eigenvalue weighted by atomic mass is 9.97. The van der Waals surface area contributed by atoms with Crippen molar-refractivity contribution in [2.45, 2.75) is 33.2 Å². The molecule has 0 spiro atoms. The monoisotopic (exact) mass is 432 g/mol. The number of nitrogens with zero attached hydrogens (tertiary/aromatic N) is 4. The van der Waals surface area contributed by atoms with Crippen molar-refractivity contribution in [2.75, 3.05) is 23.3 Å². The third kappa shape index (κ3) is 4.96. The summed E-state index contributed by atoms with van der Waals surface area (Å²) in [6.07, 6.45) is 3.36. The second kappa shape index (κ2) is 9.21. The third-order valence-electron chi connectivity index (χ3n) is 5.81. The molecule has 0 radical (unpaired) electrons.